The molecular weight excluding hydrogens is 231 g/mol. The first-order valence-electron chi connectivity index (χ1n) is 4.08. The fraction of sp³-hybridized carbons (Fsp3) is 0.375. The van der Waals surface area contributed by atoms with Crippen molar-refractivity contribution in [1.29, 1.82) is 0 Å². The van der Waals surface area contributed by atoms with E-state index < -0.39 is 11.9 Å². The molecule has 0 amide bonds. The molecule has 1 aliphatic rings. The molecule has 0 bridgehead atoms. The highest BCUT2D eigenvalue weighted by atomic mass is 35.5. The summed E-state index contributed by atoms with van der Waals surface area (Å²) in [5, 5.41) is 0. The monoisotopic (exact) mass is 239 g/mol. The van der Waals surface area contributed by atoms with Crippen LogP contribution in [-0.4, -0.2) is 4.98 Å². The second-order valence-corrected chi connectivity index (χ2v) is 3.04. The average molecular weight is 240 g/mol. The standard InChI is InChI=1S/C8H8F3N3.ClH/c9-8(10,11)7-1-5-3-13-14-4-6(5)2-12-7;/h1-2,13-14H,3-4H2;1H. The molecule has 2 heterocycles. The lowest BCUT2D eigenvalue weighted by atomic mass is 10.1. The van der Waals surface area contributed by atoms with E-state index in [-0.39, 0.29) is 12.4 Å². The Bertz CT molecular complexity index is 353. The normalized spacial score (nSPS) is 15.4. The fourth-order valence-corrected chi connectivity index (χ4v) is 1.32. The predicted octanol–water partition coefficient (Wildman–Crippen LogP) is 1.63. The molecule has 0 fully saturated rings. The Balaban J connectivity index is 0.00000112. The molecule has 0 aromatic carbocycles. The predicted molar refractivity (Wildman–Crippen MR) is 50.2 cm³/mol. The van der Waals surface area contributed by atoms with Crippen LogP contribution in [0.2, 0.25) is 0 Å². The molecule has 7 heteroatoms. The third kappa shape index (κ3) is 2.58. The van der Waals surface area contributed by atoms with E-state index in [9.17, 15) is 13.2 Å². The van der Waals surface area contributed by atoms with Crippen LogP contribution in [0.3, 0.4) is 0 Å². The lowest BCUT2D eigenvalue weighted by molar-refractivity contribution is -0.141. The van der Waals surface area contributed by atoms with E-state index in [0.717, 1.165) is 11.6 Å². The molecule has 1 aliphatic heterocycles. The first kappa shape index (κ1) is 12.2. The molecule has 0 spiro atoms. The van der Waals surface area contributed by atoms with E-state index in [0.29, 0.717) is 18.7 Å². The zero-order valence-corrected chi connectivity index (χ0v) is 8.37. The Morgan fingerprint density at radius 1 is 1.13 bits per heavy atom. The Hall–Kier alpha value is -0.850. The fourth-order valence-electron chi connectivity index (χ4n) is 1.32. The number of alkyl halides is 3. The Morgan fingerprint density at radius 2 is 1.73 bits per heavy atom. The maximum atomic E-state index is 12.3. The zero-order valence-electron chi connectivity index (χ0n) is 7.56. The summed E-state index contributed by atoms with van der Waals surface area (Å²) in [6.45, 7) is 0.890. The van der Waals surface area contributed by atoms with Gasteiger partial charge in [-0.05, 0) is 17.2 Å². The van der Waals surface area contributed by atoms with Gasteiger partial charge in [0.15, 0.2) is 0 Å². The topological polar surface area (TPSA) is 37.0 Å². The molecule has 0 saturated carbocycles. The van der Waals surface area contributed by atoms with Gasteiger partial charge in [-0.25, -0.2) is 0 Å². The van der Waals surface area contributed by atoms with Crippen molar-refractivity contribution < 1.29 is 13.2 Å². The summed E-state index contributed by atoms with van der Waals surface area (Å²) < 4.78 is 36.8. The van der Waals surface area contributed by atoms with Gasteiger partial charge in [0.05, 0.1) is 0 Å². The summed E-state index contributed by atoms with van der Waals surface area (Å²) in [5.74, 6) is 0. The van der Waals surface area contributed by atoms with Crippen LogP contribution in [0.25, 0.3) is 0 Å². The molecule has 0 aliphatic carbocycles. The van der Waals surface area contributed by atoms with Crippen molar-refractivity contribution in [2.24, 2.45) is 0 Å². The van der Waals surface area contributed by atoms with E-state index >= 15 is 0 Å². The van der Waals surface area contributed by atoms with Gasteiger partial charge >= 0.3 is 6.18 Å². The molecule has 15 heavy (non-hydrogen) atoms. The van der Waals surface area contributed by atoms with Crippen LogP contribution in [0, 0.1) is 0 Å². The SMILES string of the molecule is Cl.FC(F)(F)c1cc2c(cn1)CNNC2. The van der Waals surface area contributed by atoms with Gasteiger partial charge in [0.1, 0.15) is 5.69 Å². The minimum atomic E-state index is -4.36. The van der Waals surface area contributed by atoms with Crippen molar-refractivity contribution in [2.75, 3.05) is 0 Å². The summed E-state index contributed by atoms with van der Waals surface area (Å²) in [5.41, 5.74) is 6.22. The molecule has 1 aromatic heterocycles. The van der Waals surface area contributed by atoms with E-state index in [4.69, 9.17) is 0 Å². The number of hydrogen-bond acceptors (Lipinski definition) is 3. The highest BCUT2D eigenvalue weighted by molar-refractivity contribution is 5.85. The molecule has 1 aromatic rings. The molecule has 3 nitrogen and oxygen atoms in total. The van der Waals surface area contributed by atoms with E-state index in [1.165, 1.54) is 6.20 Å². The van der Waals surface area contributed by atoms with E-state index in [1.807, 2.05) is 0 Å². The van der Waals surface area contributed by atoms with Crippen LogP contribution < -0.4 is 10.9 Å². The molecule has 84 valence electrons. The number of nitrogens with zero attached hydrogens (tertiary/aromatic N) is 1. The second kappa shape index (κ2) is 4.34. The number of aromatic nitrogens is 1. The van der Waals surface area contributed by atoms with Crippen LogP contribution >= 0.6 is 12.4 Å². The lowest BCUT2D eigenvalue weighted by Crippen LogP contribution is -2.36. The van der Waals surface area contributed by atoms with Gasteiger partial charge in [0, 0.05) is 19.3 Å². The van der Waals surface area contributed by atoms with Crippen molar-refractivity contribution in [3.8, 4) is 0 Å². The minimum absolute atomic E-state index is 0. The summed E-state index contributed by atoms with van der Waals surface area (Å²) in [7, 11) is 0. The molecule has 2 N–H and O–H groups in total. The summed E-state index contributed by atoms with van der Waals surface area (Å²) in [4.78, 5) is 3.37. The number of pyridine rings is 1. The van der Waals surface area contributed by atoms with Crippen LogP contribution in [0.4, 0.5) is 13.2 Å². The summed E-state index contributed by atoms with van der Waals surface area (Å²) in [6.07, 6.45) is -3.09. The van der Waals surface area contributed by atoms with Gasteiger partial charge in [0.2, 0.25) is 0 Å². The highest BCUT2D eigenvalue weighted by Crippen LogP contribution is 2.28. The largest absolute Gasteiger partial charge is 0.433 e. The van der Waals surface area contributed by atoms with Gasteiger partial charge in [-0.1, -0.05) is 0 Å². The first-order valence-corrected chi connectivity index (χ1v) is 4.08. The average Bonchev–Trinajstić information content (AvgIpc) is 2.16. The van der Waals surface area contributed by atoms with Crippen molar-refractivity contribution >= 4 is 12.4 Å². The van der Waals surface area contributed by atoms with Crippen molar-refractivity contribution in [1.82, 2.24) is 15.8 Å². The van der Waals surface area contributed by atoms with E-state index in [1.54, 1.807) is 0 Å². The van der Waals surface area contributed by atoms with E-state index in [2.05, 4.69) is 15.8 Å². The van der Waals surface area contributed by atoms with Crippen LogP contribution in [0.15, 0.2) is 12.3 Å². The van der Waals surface area contributed by atoms with Gasteiger partial charge in [-0.15, -0.1) is 12.4 Å². The van der Waals surface area contributed by atoms with Crippen LogP contribution in [0.5, 0.6) is 0 Å². The molecule has 0 atom stereocenters. The quantitative estimate of drug-likeness (QED) is 0.723. The molecule has 0 radical (unpaired) electrons. The summed E-state index contributed by atoms with van der Waals surface area (Å²) >= 11 is 0. The van der Waals surface area contributed by atoms with Gasteiger partial charge < -0.3 is 0 Å². The van der Waals surface area contributed by atoms with Gasteiger partial charge in [0.25, 0.3) is 0 Å². The van der Waals surface area contributed by atoms with Crippen LogP contribution in [0.1, 0.15) is 16.8 Å². The molecule has 0 saturated heterocycles. The Labute approximate surface area is 90.5 Å². The zero-order chi connectivity index (χ0) is 10.2. The number of hydrogen-bond donors (Lipinski definition) is 2. The summed E-state index contributed by atoms with van der Waals surface area (Å²) in [6, 6.07) is 1.09. The minimum Gasteiger partial charge on any atom is -0.253 e. The number of halogens is 4. The molecule has 2 rings (SSSR count). The highest BCUT2D eigenvalue weighted by Gasteiger charge is 2.33. The number of fused-ring (bicyclic) bond motifs is 1. The maximum absolute atomic E-state index is 12.3. The Morgan fingerprint density at radius 3 is 2.33 bits per heavy atom. The van der Waals surface area contributed by atoms with Crippen molar-refractivity contribution in [3.63, 3.8) is 0 Å². The van der Waals surface area contributed by atoms with Gasteiger partial charge in [-0.3, -0.25) is 15.8 Å². The lowest BCUT2D eigenvalue weighted by Gasteiger charge is -2.18. The smallest absolute Gasteiger partial charge is 0.253 e. The number of rotatable bonds is 0. The number of hydrazine groups is 1. The molecule has 0 unspecified atom stereocenters. The van der Waals surface area contributed by atoms with Crippen molar-refractivity contribution in [3.05, 3.63) is 29.1 Å². The third-order valence-corrected chi connectivity index (χ3v) is 2.06. The number of nitrogens with one attached hydrogen (secondary N) is 2. The van der Waals surface area contributed by atoms with Gasteiger partial charge in [-0.2, -0.15) is 13.2 Å². The maximum Gasteiger partial charge on any atom is 0.433 e. The van der Waals surface area contributed by atoms with Crippen LogP contribution in [-0.2, 0) is 19.3 Å². The van der Waals surface area contributed by atoms with Crippen molar-refractivity contribution in [2.45, 2.75) is 19.3 Å². The Kier molecular flexibility index (Phi) is 3.54. The first-order chi connectivity index (χ1) is 6.57. The third-order valence-electron chi connectivity index (χ3n) is 2.06. The second-order valence-electron chi connectivity index (χ2n) is 3.04. The molecular formula is C8H9ClF3N3.